The molecule has 0 saturated carbocycles. The second-order valence-corrected chi connectivity index (χ2v) is 7.08. The van der Waals surface area contributed by atoms with E-state index in [0.717, 1.165) is 16.7 Å². The van der Waals surface area contributed by atoms with Crippen molar-refractivity contribution in [3.63, 3.8) is 0 Å². The largest absolute Gasteiger partial charge is 0.464 e. The van der Waals surface area contributed by atoms with Crippen molar-refractivity contribution in [2.45, 2.75) is 19.4 Å². The number of pyridine rings is 1. The van der Waals surface area contributed by atoms with Gasteiger partial charge in [-0.1, -0.05) is 30.3 Å². The highest BCUT2D eigenvalue weighted by atomic mass is 16.5. The molecule has 0 spiro atoms. The lowest BCUT2D eigenvalue weighted by molar-refractivity contribution is -0.145. The van der Waals surface area contributed by atoms with Gasteiger partial charge >= 0.3 is 5.97 Å². The van der Waals surface area contributed by atoms with Gasteiger partial charge in [0, 0.05) is 18.2 Å². The molecule has 0 fully saturated rings. The third-order valence-electron chi connectivity index (χ3n) is 4.87. The van der Waals surface area contributed by atoms with E-state index < -0.39 is 17.9 Å². The number of hydrogen-bond donors (Lipinski definition) is 2. The standard InChI is InChI=1S/C25H23N5O3/c1-2-33-25(32)23(14-17-11-12-28-21(13-17)16-29-27)30-24(31)19-9-7-18(8-10-19)22-6-4-3-5-20(22)15-26/h3-13,16,23H,2,14,27H2,1H3,(H,30,31)/t23-/m0/s1. The molecule has 3 aromatic rings. The fraction of sp³-hybridized carbons (Fsp3) is 0.160. The number of hydrogen-bond acceptors (Lipinski definition) is 7. The number of carbonyl (C=O) groups excluding carboxylic acids is 2. The number of aromatic nitrogens is 1. The Kier molecular flexibility index (Phi) is 7.86. The first kappa shape index (κ1) is 23.2. The molecule has 0 radical (unpaired) electrons. The molecule has 0 aliphatic heterocycles. The molecule has 3 rings (SSSR count). The van der Waals surface area contributed by atoms with E-state index in [4.69, 9.17) is 10.6 Å². The van der Waals surface area contributed by atoms with Gasteiger partial charge in [-0.3, -0.25) is 9.78 Å². The van der Waals surface area contributed by atoms with Crippen LogP contribution in [0.3, 0.4) is 0 Å². The molecule has 0 aliphatic rings. The predicted octanol–water partition coefficient (Wildman–Crippen LogP) is 2.82. The van der Waals surface area contributed by atoms with Crippen molar-refractivity contribution < 1.29 is 14.3 Å². The number of carbonyl (C=O) groups is 2. The summed E-state index contributed by atoms with van der Waals surface area (Å²) in [5.74, 6) is 4.23. The third-order valence-corrected chi connectivity index (χ3v) is 4.87. The smallest absolute Gasteiger partial charge is 0.328 e. The van der Waals surface area contributed by atoms with Crippen LogP contribution in [0.1, 0.15) is 34.1 Å². The topological polar surface area (TPSA) is 130 Å². The van der Waals surface area contributed by atoms with Gasteiger partial charge < -0.3 is 15.9 Å². The normalized spacial score (nSPS) is 11.5. The zero-order valence-corrected chi connectivity index (χ0v) is 18.1. The first-order valence-electron chi connectivity index (χ1n) is 10.3. The maximum Gasteiger partial charge on any atom is 0.328 e. The van der Waals surface area contributed by atoms with Crippen molar-refractivity contribution in [2.24, 2.45) is 10.9 Å². The second-order valence-electron chi connectivity index (χ2n) is 7.08. The van der Waals surface area contributed by atoms with Crippen molar-refractivity contribution >= 4 is 18.1 Å². The van der Waals surface area contributed by atoms with Crippen LogP contribution in [0.5, 0.6) is 0 Å². The van der Waals surface area contributed by atoms with Crippen LogP contribution in [0.2, 0.25) is 0 Å². The van der Waals surface area contributed by atoms with E-state index in [2.05, 4.69) is 21.5 Å². The summed E-state index contributed by atoms with van der Waals surface area (Å²) in [4.78, 5) is 29.5. The number of nitrogens with two attached hydrogens (primary N) is 1. The molecule has 166 valence electrons. The summed E-state index contributed by atoms with van der Waals surface area (Å²) in [6.45, 7) is 1.90. The quantitative estimate of drug-likeness (QED) is 0.239. The van der Waals surface area contributed by atoms with Crippen LogP contribution in [0.4, 0.5) is 0 Å². The van der Waals surface area contributed by atoms with E-state index in [-0.39, 0.29) is 13.0 Å². The Labute approximate surface area is 191 Å². The zero-order valence-electron chi connectivity index (χ0n) is 18.1. The van der Waals surface area contributed by atoms with Crippen molar-refractivity contribution in [3.05, 3.63) is 89.2 Å². The van der Waals surface area contributed by atoms with Crippen LogP contribution in [0.25, 0.3) is 11.1 Å². The number of ether oxygens (including phenoxy) is 1. The van der Waals surface area contributed by atoms with E-state index >= 15 is 0 Å². The highest BCUT2D eigenvalue weighted by molar-refractivity contribution is 5.97. The van der Waals surface area contributed by atoms with E-state index in [9.17, 15) is 14.9 Å². The van der Waals surface area contributed by atoms with Gasteiger partial charge in [0.05, 0.1) is 30.1 Å². The lowest BCUT2D eigenvalue weighted by Crippen LogP contribution is -2.43. The minimum Gasteiger partial charge on any atom is -0.464 e. The fourth-order valence-corrected chi connectivity index (χ4v) is 3.32. The highest BCUT2D eigenvalue weighted by Gasteiger charge is 2.23. The van der Waals surface area contributed by atoms with Crippen LogP contribution in [0, 0.1) is 11.3 Å². The minimum atomic E-state index is -0.887. The van der Waals surface area contributed by atoms with Crippen molar-refractivity contribution in [2.75, 3.05) is 6.61 Å². The van der Waals surface area contributed by atoms with Crippen molar-refractivity contribution in [3.8, 4) is 17.2 Å². The number of amides is 1. The molecule has 1 amide bonds. The monoisotopic (exact) mass is 441 g/mol. The number of hydrazone groups is 1. The molecule has 8 nitrogen and oxygen atoms in total. The SMILES string of the molecule is CCOC(=O)[C@H](Cc1ccnc(C=NN)c1)NC(=O)c1ccc(-c2ccccc2C#N)cc1. The summed E-state index contributed by atoms with van der Waals surface area (Å²) < 4.78 is 5.15. The average molecular weight is 441 g/mol. The first-order valence-corrected chi connectivity index (χ1v) is 10.3. The van der Waals surface area contributed by atoms with Gasteiger partial charge in [0.25, 0.3) is 5.91 Å². The molecule has 0 aliphatic carbocycles. The molecule has 1 atom stereocenters. The van der Waals surface area contributed by atoms with Crippen LogP contribution >= 0.6 is 0 Å². The molecule has 0 bridgehead atoms. The molecule has 1 heterocycles. The summed E-state index contributed by atoms with van der Waals surface area (Å²) in [5, 5.41) is 15.5. The zero-order chi connectivity index (χ0) is 23.6. The maximum absolute atomic E-state index is 12.9. The third kappa shape index (κ3) is 6.02. The lowest BCUT2D eigenvalue weighted by Gasteiger charge is -2.18. The summed E-state index contributed by atoms with van der Waals surface area (Å²) in [6, 6.07) is 18.8. The minimum absolute atomic E-state index is 0.194. The Morgan fingerprint density at radius 2 is 1.97 bits per heavy atom. The van der Waals surface area contributed by atoms with Crippen LogP contribution < -0.4 is 11.2 Å². The number of nitriles is 1. The Morgan fingerprint density at radius 1 is 1.21 bits per heavy atom. The van der Waals surface area contributed by atoms with Crippen molar-refractivity contribution in [1.82, 2.24) is 10.3 Å². The summed E-state index contributed by atoms with van der Waals surface area (Å²) in [6.07, 6.45) is 3.19. The highest BCUT2D eigenvalue weighted by Crippen LogP contribution is 2.23. The number of rotatable bonds is 8. The van der Waals surface area contributed by atoms with Crippen LogP contribution in [0.15, 0.2) is 72.0 Å². The van der Waals surface area contributed by atoms with Crippen LogP contribution in [-0.4, -0.2) is 35.7 Å². The van der Waals surface area contributed by atoms with Gasteiger partial charge in [0.15, 0.2) is 0 Å². The molecule has 2 aromatic carbocycles. The van der Waals surface area contributed by atoms with E-state index in [0.29, 0.717) is 16.8 Å². The maximum atomic E-state index is 12.9. The van der Waals surface area contributed by atoms with E-state index in [1.165, 1.54) is 6.21 Å². The molecular weight excluding hydrogens is 418 g/mol. The molecular formula is C25H23N5O3. The summed E-state index contributed by atoms with van der Waals surface area (Å²) in [5.41, 5.74) is 3.84. The summed E-state index contributed by atoms with van der Waals surface area (Å²) in [7, 11) is 0. The molecule has 0 unspecified atom stereocenters. The van der Waals surface area contributed by atoms with Crippen molar-refractivity contribution in [1.29, 1.82) is 5.26 Å². The van der Waals surface area contributed by atoms with E-state index in [1.54, 1.807) is 61.7 Å². The number of esters is 1. The number of nitrogens with zero attached hydrogens (tertiary/aromatic N) is 3. The fourth-order valence-electron chi connectivity index (χ4n) is 3.32. The molecule has 33 heavy (non-hydrogen) atoms. The Bertz CT molecular complexity index is 1200. The van der Waals surface area contributed by atoms with Gasteiger partial charge in [-0.25, -0.2) is 4.79 Å². The Morgan fingerprint density at radius 3 is 2.67 bits per heavy atom. The predicted molar refractivity (Wildman–Crippen MR) is 124 cm³/mol. The van der Waals surface area contributed by atoms with Gasteiger partial charge in [0.1, 0.15) is 6.04 Å². The molecule has 0 saturated heterocycles. The van der Waals surface area contributed by atoms with Gasteiger partial charge in [0.2, 0.25) is 0 Å². The second kappa shape index (κ2) is 11.2. The average Bonchev–Trinajstić information content (AvgIpc) is 2.84. The van der Waals surface area contributed by atoms with E-state index in [1.807, 2.05) is 12.1 Å². The number of benzene rings is 2. The lowest BCUT2D eigenvalue weighted by atomic mass is 9.99. The molecule has 1 aromatic heterocycles. The molecule has 3 N–H and O–H groups in total. The van der Waals surface area contributed by atoms with Crippen LogP contribution in [-0.2, 0) is 16.0 Å². The summed E-state index contributed by atoms with van der Waals surface area (Å²) >= 11 is 0. The van der Waals surface area contributed by atoms with Gasteiger partial charge in [-0.05, 0) is 53.9 Å². The molecule has 8 heteroatoms. The first-order chi connectivity index (χ1) is 16.0. The van der Waals surface area contributed by atoms with Gasteiger partial charge in [-0.15, -0.1) is 0 Å². The number of nitrogens with one attached hydrogen (secondary N) is 1. The Balaban J connectivity index is 1.78. The van der Waals surface area contributed by atoms with Gasteiger partial charge in [-0.2, -0.15) is 10.4 Å². The Hall–Kier alpha value is -4.51.